The van der Waals surface area contributed by atoms with E-state index in [-0.39, 0.29) is 5.91 Å². The quantitative estimate of drug-likeness (QED) is 0.465. The molecule has 1 aromatic heterocycles. The lowest BCUT2D eigenvalue weighted by atomic mass is 9.96. The molecule has 0 aliphatic rings. The van der Waals surface area contributed by atoms with E-state index in [4.69, 9.17) is 4.74 Å². The molecule has 0 saturated heterocycles. The zero-order valence-electron chi connectivity index (χ0n) is 18.5. The normalized spacial score (nSPS) is 10.8. The Labute approximate surface area is 183 Å². The summed E-state index contributed by atoms with van der Waals surface area (Å²) >= 11 is 0. The number of hydrogen-bond donors (Lipinski definition) is 2. The fourth-order valence-corrected chi connectivity index (χ4v) is 3.42. The van der Waals surface area contributed by atoms with Crippen LogP contribution in [0.15, 0.2) is 48.7 Å². The summed E-state index contributed by atoms with van der Waals surface area (Å²) in [5, 5.41) is 14.3. The predicted octanol–water partition coefficient (Wildman–Crippen LogP) is 3.26. The van der Waals surface area contributed by atoms with Gasteiger partial charge in [0.1, 0.15) is 5.75 Å². The fraction of sp³-hybridized carbons (Fsp3) is 0.375. The summed E-state index contributed by atoms with van der Waals surface area (Å²) in [5.74, 6) is 0.899. The first-order valence-electron chi connectivity index (χ1n) is 10.7. The highest BCUT2D eigenvalue weighted by atomic mass is 16.5. The fourth-order valence-electron chi connectivity index (χ4n) is 3.42. The zero-order valence-corrected chi connectivity index (χ0v) is 18.5. The zero-order chi connectivity index (χ0) is 22.1. The van der Waals surface area contributed by atoms with Gasteiger partial charge in [-0.05, 0) is 42.2 Å². The highest BCUT2D eigenvalue weighted by molar-refractivity contribution is 5.73. The molecule has 0 saturated carbocycles. The highest BCUT2D eigenvalue weighted by Gasteiger charge is 2.09. The molecule has 164 valence electrons. The molecule has 0 bridgehead atoms. The molecule has 0 aliphatic carbocycles. The summed E-state index contributed by atoms with van der Waals surface area (Å²) in [5.41, 5.74) is 5.75. The van der Waals surface area contributed by atoms with Gasteiger partial charge in [0.2, 0.25) is 5.91 Å². The van der Waals surface area contributed by atoms with Gasteiger partial charge < -0.3 is 15.4 Å². The van der Waals surface area contributed by atoms with Crippen molar-refractivity contribution in [1.82, 2.24) is 25.6 Å². The van der Waals surface area contributed by atoms with Crippen LogP contribution in [-0.2, 0) is 17.9 Å². The van der Waals surface area contributed by atoms with Crippen LogP contribution in [0.3, 0.4) is 0 Å². The number of rotatable bonds is 11. The minimum Gasteiger partial charge on any atom is -0.493 e. The molecule has 3 rings (SSSR count). The van der Waals surface area contributed by atoms with Gasteiger partial charge in [-0.25, -0.2) is 0 Å². The first-order chi connectivity index (χ1) is 15.0. The van der Waals surface area contributed by atoms with Crippen molar-refractivity contribution in [2.24, 2.45) is 0 Å². The Hall–Kier alpha value is -3.19. The van der Waals surface area contributed by atoms with Gasteiger partial charge in [0, 0.05) is 45.7 Å². The number of benzene rings is 2. The van der Waals surface area contributed by atoms with Gasteiger partial charge in [-0.3, -0.25) is 9.48 Å². The molecule has 7 heteroatoms. The van der Waals surface area contributed by atoms with E-state index in [9.17, 15) is 4.79 Å². The van der Waals surface area contributed by atoms with Gasteiger partial charge >= 0.3 is 0 Å². The van der Waals surface area contributed by atoms with Crippen LogP contribution in [0.2, 0.25) is 0 Å². The molecule has 0 spiro atoms. The maximum atomic E-state index is 10.8. The van der Waals surface area contributed by atoms with Crippen LogP contribution in [0.1, 0.15) is 30.2 Å². The third-order valence-electron chi connectivity index (χ3n) is 5.08. The van der Waals surface area contributed by atoms with Crippen molar-refractivity contribution in [2.45, 2.75) is 40.3 Å². The second-order valence-electron chi connectivity index (χ2n) is 7.58. The molecule has 1 heterocycles. The average Bonchev–Trinajstić information content (AvgIpc) is 3.20. The number of carbonyl (C=O) groups is 1. The monoisotopic (exact) mass is 421 g/mol. The topological polar surface area (TPSA) is 81.1 Å². The van der Waals surface area contributed by atoms with Crippen molar-refractivity contribution in [2.75, 3.05) is 19.7 Å². The molecule has 2 N–H and O–H groups in total. The minimum absolute atomic E-state index is 0.0212. The number of amides is 1. The number of aryl methyl sites for hydroxylation is 2. The molecule has 0 atom stereocenters. The Morgan fingerprint density at radius 3 is 2.68 bits per heavy atom. The maximum absolute atomic E-state index is 10.8. The van der Waals surface area contributed by atoms with Crippen molar-refractivity contribution in [3.63, 3.8) is 0 Å². The van der Waals surface area contributed by atoms with E-state index in [0.717, 1.165) is 30.0 Å². The SMILES string of the molecule is CC(=O)NCCNCc1cn(CCCOc2cccc(-c3ccccc3C)c2C)nn1. The number of carbonyl (C=O) groups excluding carboxylic acids is 1. The minimum atomic E-state index is -0.0212. The average molecular weight is 422 g/mol. The van der Waals surface area contributed by atoms with E-state index in [0.29, 0.717) is 26.2 Å². The molecular weight excluding hydrogens is 390 g/mol. The molecule has 3 aromatic rings. The van der Waals surface area contributed by atoms with Crippen LogP contribution in [0.25, 0.3) is 11.1 Å². The van der Waals surface area contributed by atoms with Gasteiger partial charge in [0.05, 0.1) is 12.3 Å². The number of hydrogen-bond acceptors (Lipinski definition) is 5. The summed E-state index contributed by atoms with van der Waals surface area (Å²) < 4.78 is 7.91. The first kappa shape index (κ1) is 22.5. The number of nitrogens with zero attached hydrogens (tertiary/aromatic N) is 3. The van der Waals surface area contributed by atoms with Gasteiger partial charge in [0.25, 0.3) is 0 Å². The van der Waals surface area contributed by atoms with Crippen molar-refractivity contribution in [3.8, 4) is 16.9 Å². The molecule has 0 fully saturated rings. The van der Waals surface area contributed by atoms with Crippen molar-refractivity contribution in [1.29, 1.82) is 0 Å². The summed E-state index contributed by atoms with van der Waals surface area (Å²) in [7, 11) is 0. The Morgan fingerprint density at radius 2 is 1.87 bits per heavy atom. The van der Waals surface area contributed by atoms with Crippen molar-refractivity contribution in [3.05, 3.63) is 65.5 Å². The molecular formula is C24H31N5O2. The van der Waals surface area contributed by atoms with E-state index < -0.39 is 0 Å². The third-order valence-corrected chi connectivity index (χ3v) is 5.08. The van der Waals surface area contributed by atoms with E-state index in [1.165, 1.54) is 23.6 Å². The maximum Gasteiger partial charge on any atom is 0.216 e. The van der Waals surface area contributed by atoms with Crippen LogP contribution in [0.4, 0.5) is 0 Å². The number of aromatic nitrogens is 3. The lowest BCUT2D eigenvalue weighted by Gasteiger charge is -2.14. The molecule has 0 radical (unpaired) electrons. The van der Waals surface area contributed by atoms with Crippen molar-refractivity contribution < 1.29 is 9.53 Å². The predicted molar refractivity (Wildman–Crippen MR) is 122 cm³/mol. The van der Waals surface area contributed by atoms with E-state index in [2.05, 4.69) is 65.1 Å². The van der Waals surface area contributed by atoms with Crippen LogP contribution in [0, 0.1) is 13.8 Å². The smallest absolute Gasteiger partial charge is 0.216 e. The first-order valence-corrected chi connectivity index (χ1v) is 10.7. The Balaban J connectivity index is 1.44. The second-order valence-corrected chi connectivity index (χ2v) is 7.58. The molecule has 0 aliphatic heterocycles. The van der Waals surface area contributed by atoms with Crippen LogP contribution in [0.5, 0.6) is 5.75 Å². The largest absolute Gasteiger partial charge is 0.493 e. The summed E-state index contributed by atoms with van der Waals surface area (Å²) in [6, 6.07) is 14.6. The standard InChI is InChI=1S/C24H31N5O2/c1-18-8-4-5-9-22(18)23-10-6-11-24(19(23)2)31-15-7-14-29-17-21(27-28-29)16-25-12-13-26-20(3)30/h4-6,8-11,17,25H,7,12-16H2,1-3H3,(H,26,30). The molecule has 7 nitrogen and oxygen atoms in total. The van der Waals surface area contributed by atoms with Gasteiger partial charge in [-0.2, -0.15) is 0 Å². The molecule has 31 heavy (non-hydrogen) atoms. The second kappa shape index (κ2) is 11.3. The molecule has 2 aromatic carbocycles. The summed E-state index contributed by atoms with van der Waals surface area (Å²) in [6.07, 6.45) is 2.78. The summed E-state index contributed by atoms with van der Waals surface area (Å²) in [6.45, 7) is 9.04. The van der Waals surface area contributed by atoms with Crippen molar-refractivity contribution >= 4 is 5.91 Å². The van der Waals surface area contributed by atoms with Crippen LogP contribution >= 0.6 is 0 Å². The Kier molecular flexibility index (Phi) is 8.18. The Morgan fingerprint density at radius 1 is 1.06 bits per heavy atom. The van der Waals surface area contributed by atoms with E-state index in [1.54, 1.807) is 0 Å². The summed E-state index contributed by atoms with van der Waals surface area (Å²) in [4.78, 5) is 10.8. The van der Waals surface area contributed by atoms with Crippen LogP contribution < -0.4 is 15.4 Å². The number of ether oxygens (including phenoxy) is 1. The number of nitrogens with one attached hydrogen (secondary N) is 2. The molecule has 1 amide bonds. The van der Waals surface area contributed by atoms with E-state index in [1.807, 2.05) is 23.0 Å². The van der Waals surface area contributed by atoms with E-state index >= 15 is 0 Å². The molecule has 0 unspecified atom stereocenters. The Bertz CT molecular complexity index is 999. The highest BCUT2D eigenvalue weighted by Crippen LogP contribution is 2.31. The lowest BCUT2D eigenvalue weighted by Crippen LogP contribution is -2.29. The third kappa shape index (κ3) is 6.65. The van der Waals surface area contributed by atoms with Gasteiger partial charge in [-0.15, -0.1) is 5.10 Å². The lowest BCUT2D eigenvalue weighted by molar-refractivity contribution is -0.118. The van der Waals surface area contributed by atoms with Gasteiger partial charge in [0.15, 0.2) is 0 Å². The van der Waals surface area contributed by atoms with Crippen LogP contribution in [-0.4, -0.2) is 40.6 Å². The van der Waals surface area contributed by atoms with Gasteiger partial charge in [-0.1, -0.05) is 41.6 Å².